The van der Waals surface area contributed by atoms with Crippen LogP contribution in [0.5, 0.6) is 0 Å². The van der Waals surface area contributed by atoms with Crippen molar-refractivity contribution in [1.82, 2.24) is 10.2 Å². The van der Waals surface area contributed by atoms with Gasteiger partial charge >= 0.3 is 0 Å². The SMILES string of the molecule is COC1CCN(CC(=O)NCC(=O)c2cccs2)CC1. The molecule has 0 unspecified atom stereocenters. The van der Waals surface area contributed by atoms with Crippen molar-refractivity contribution >= 4 is 23.0 Å². The van der Waals surface area contributed by atoms with Crippen molar-refractivity contribution in [2.45, 2.75) is 18.9 Å². The molecule has 1 aliphatic heterocycles. The molecule has 2 rings (SSSR count). The van der Waals surface area contributed by atoms with Gasteiger partial charge in [0.05, 0.1) is 24.1 Å². The summed E-state index contributed by atoms with van der Waals surface area (Å²) in [6, 6.07) is 3.61. The highest BCUT2D eigenvalue weighted by molar-refractivity contribution is 7.12. The third-order valence-electron chi connectivity index (χ3n) is 3.48. The molecule has 1 N–H and O–H groups in total. The second kappa shape index (κ2) is 7.52. The fourth-order valence-electron chi connectivity index (χ4n) is 2.27. The van der Waals surface area contributed by atoms with E-state index in [0.717, 1.165) is 25.9 Å². The lowest BCUT2D eigenvalue weighted by atomic mass is 10.1. The van der Waals surface area contributed by atoms with Gasteiger partial charge in [-0.25, -0.2) is 0 Å². The number of Topliss-reactive ketones (excluding diaryl/α,β-unsaturated/α-hetero) is 1. The van der Waals surface area contributed by atoms with Gasteiger partial charge in [-0.2, -0.15) is 0 Å². The number of nitrogens with one attached hydrogen (secondary N) is 1. The fraction of sp³-hybridized carbons (Fsp3) is 0.571. The van der Waals surface area contributed by atoms with Crippen molar-refractivity contribution in [1.29, 1.82) is 0 Å². The number of piperidine rings is 1. The summed E-state index contributed by atoms with van der Waals surface area (Å²) in [5, 5.41) is 4.54. The van der Waals surface area contributed by atoms with Crippen LogP contribution in [0.15, 0.2) is 17.5 Å². The van der Waals surface area contributed by atoms with E-state index in [4.69, 9.17) is 4.74 Å². The molecule has 0 radical (unpaired) electrons. The number of amides is 1. The third-order valence-corrected chi connectivity index (χ3v) is 4.39. The van der Waals surface area contributed by atoms with Crippen LogP contribution in [-0.4, -0.2) is 56.0 Å². The van der Waals surface area contributed by atoms with Crippen LogP contribution < -0.4 is 5.32 Å². The summed E-state index contributed by atoms with van der Waals surface area (Å²) in [5.74, 6) is -0.128. The van der Waals surface area contributed by atoms with Gasteiger partial charge in [-0.1, -0.05) is 6.07 Å². The predicted octanol–water partition coefficient (Wildman–Crippen LogP) is 1.16. The Morgan fingerprint density at radius 2 is 2.20 bits per heavy atom. The number of ketones is 1. The van der Waals surface area contributed by atoms with Gasteiger partial charge in [0.1, 0.15) is 0 Å². The number of nitrogens with zero attached hydrogens (tertiary/aromatic N) is 1. The highest BCUT2D eigenvalue weighted by Crippen LogP contribution is 2.12. The molecular formula is C14H20N2O3S. The highest BCUT2D eigenvalue weighted by atomic mass is 32.1. The van der Waals surface area contributed by atoms with Gasteiger partial charge in [0.2, 0.25) is 5.91 Å². The largest absolute Gasteiger partial charge is 0.381 e. The predicted molar refractivity (Wildman–Crippen MR) is 78.1 cm³/mol. The summed E-state index contributed by atoms with van der Waals surface area (Å²) < 4.78 is 5.29. The molecule has 0 aromatic carbocycles. The Kier molecular flexibility index (Phi) is 5.70. The van der Waals surface area contributed by atoms with Crippen LogP contribution in [-0.2, 0) is 9.53 Å². The van der Waals surface area contributed by atoms with E-state index in [9.17, 15) is 9.59 Å². The van der Waals surface area contributed by atoms with Crippen LogP contribution in [0, 0.1) is 0 Å². The third kappa shape index (κ3) is 4.40. The molecule has 1 amide bonds. The molecule has 1 aromatic heterocycles. The Labute approximate surface area is 122 Å². The second-order valence-corrected chi connectivity index (χ2v) is 5.84. The Bertz CT molecular complexity index is 439. The van der Waals surface area contributed by atoms with E-state index in [0.29, 0.717) is 17.5 Å². The second-order valence-electron chi connectivity index (χ2n) is 4.89. The molecule has 1 aliphatic rings. The Hall–Kier alpha value is -1.24. The average molecular weight is 296 g/mol. The van der Waals surface area contributed by atoms with Crippen molar-refractivity contribution in [2.24, 2.45) is 0 Å². The van der Waals surface area contributed by atoms with Crippen molar-refractivity contribution in [3.05, 3.63) is 22.4 Å². The van der Waals surface area contributed by atoms with Crippen LogP contribution in [0.25, 0.3) is 0 Å². The van der Waals surface area contributed by atoms with Gasteiger partial charge < -0.3 is 10.1 Å². The first-order valence-electron chi connectivity index (χ1n) is 6.77. The number of ether oxygens (including phenoxy) is 1. The molecule has 1 fully saturated rings. The molecular weight excluding hydrogens is 276 g/mol. The number of carbonyl (C=O) groups is 2. The van der Waals surface area contributed by atoms with Crippen LogP contribution in [0.1, 0.15) is 22.5 Å². The van der Waals surface area contributed by atoms with Gasteiger partial charge in [0.25, 0.3) is 0 Å². The lowest BCUT2D eigenvalue weighted by molar-refractivity contribution is -0.122. The van der Waals surface area contributed by atoms with E-state index < -0.39 is 0 Å². The maximum atomic E-state index is 11.8. The number of carbonyl (C=O) groups excluding carboxylic acids is 2. The van der Waals surface area contributed by atoms with E-state index in [-0.39, 0.29) is 18.2 Å². The van der Waals surface area contributed by atoms with E-state index in [2.05, 4.69) is 10.2 Å². The minimum atomic E-state index is -0.0919. The van der Waals surface area contributed by atoms with Crippen LogP contribution in [0.2, 0.25) is 0 Å². The van der Waals surface area contributed by atoms with Crippen LogP contribution in [0.4, 0.5) is 0 Å². The summed E-state index contributed by atoms with van der Waals surface area (Å²) in [5.41, 5.74) is 0. The Balaban J connectivity index is 1.67. The van der Waals surface area contributed by atoms with Gasteiger partial charge in [-0.3, -0.25) is 14.5 Å². The van der Waals surface area contributed by atoms with E-state index >= 15 is 0 Å². The Morgan fingerprint density at radius 3 is 2.80 bits per heavy atom. The standard InChI is InChI=1S/C14H20N2O3S/c1-19-11-4-6-16(7-5-11)10-14(18)15-9-12(17)13-3-2-8-20-13/h2-3,8,11H,4-7,9-10H2,1H3,(H,15,18). The lowest BCUT2D eigenvalue weighted by Gasteiger charge is -2.30. The van der Waals surface area contributed by atoms with E-state index in [1.54, 1.807) is 13.2 Å². The van der Waals surface area contributed by atoms with Crippen molar-refractivity contribution < 1.29 is 14.3 Å². The van der Waals surface area contributed by atoms with Gasteiger partial charge in [0, 0.05) is 20.2 Å². The quantitative estimate of drug-likeness (QED) is 0.800. The molecule has 20 heavy (non-hydrogen) atoms. The number of hydrogen-bond donors (Lipinski definition) is 1. The minimum absolute atomic E-state index is 0.0357. The fourth-order valence-corrected chi connectivity index (χ4v) is 2.93. The first kappa shape index (κ1) is 15.2. The summed E-state index contributed by atoms with van der Waals surface area (Å²) >= 11 is 1.40. The molecule has 6 heteroatoms. The zero-order chi connectivity index (χ0) is 14.4. The first-order valence-corrected chi connectivity index (χ1v) is 7.65. The minimum Gasteiger partial charge on any atom is -0.381 e. The molecule has 0 spiro atoms. The molecule has 2 heterocycles. The number of likely N-dealkylation sites (tertiary alicyclic amines) is 1. The molecule has 0 bridgehead atoms. The first-order chi connectivity index (χ1) is 9.69. The van der Waals surface area contributed by atoms with Gasteiger partial charge in [0.15, 0.2) is 5.78 Å². The maximum Gasteiger partial charge on any atom is 0.234 e. The number of hydrogen-bond acceptors (Lipinski definition) is 5. The molecule has 110 valence electrons. The highest BCUT2D eigenvalue weighted by Gasteiger charge is 2.20. The normalized spacial score (nSPS) is 17.1. The molecule has 0 aliphatic carbocycles. The number of thiophene rings is 1. The van der Waals surface area contributed by atoms with Crippen molar-refractivity contribution in [3.63, 3.8) is 0 Å². The summed E-state index contributed by atoms with van der Waals surface area (Å²) in [6.45, 7) is 2.16. The molecule has 1 aromatic rings. The van der Waals surface area contributed by atoms with Crippen molar-refractivity contribution in [2.75, 3.05) is 33.3 Å². The summed E-state index contributed by atoms with van der Waals surface area (Å²) in [4.78, 5) is 26.3. The van der Waals surface area contributed by atoms with Gasteiger partial charge in [-0.05, 0) is 24.3 Å². The topological polar surface area (TPSA) is 58.6 Å². The molecule has 1 saturated heterocycles. The number of methoxy groups -OCH3 is 1. The van der Waals surface area contributed by atoms with E-state index in [1.807, 2.05) is 11.4 Å². The smallest absolute Gasteiger partial charge is 0.234 e. The summed E-state index contributed by atoms with van der Waals surface area (Å²) in [7, 11) is 1.73. The maximum absolute atomic E-state index is 11.8. The van der Waals surface area contributed by atoms with Crippen molar-refractivity contribution in [3.8, 4) is 0 Å². The zero-order valence-electron chi connectivity index (χ0n) is 11.6. The molecule has 0 saturated carbocycles. The number of rotatable bonds is 6. The summed E-state index contributed by atoms with van der Waals surface area (Å²) in [6.07, 6.45) is 2.23. The average Bonchev–Trinajstić information content (AvgIpc) is 3.00. The lowest BCUT2D eigenvalue weighted by Crippen LogP contribution is -2.43. The Morgan fingerprint density at radius 1 is 1.45 bits per heavy atom. The van der Waals surface area contributed by atoms with Crippen LogP contribution >= 0.6 is 11.3 Å². The zero-order valence-corrected chi connectivity index (χ0v) is 12.4. The molecule has 5 nitrogen and oxygen atoms in total. The van der Waals surface area contributed by atoms with Gasteiger partial charge in [-0.15, -0.1) is 11.3 Å². The van der Waals surface area contributed by atoms with E-state index in [1.165, 1.54) is 11.3 Å². The monoisotopic (exact) mass is 296 g/mol. The molecule has 0 atom stereocenters. The van der Waals surface area contributed by atoms with Crippen LogP contribution in [0.3, 0.4) is 0 Å².